The lowest BCUT2D eigenvalue weighted by molar-refractivity contribution is -0.160. The standard InChI is InChI=1S/C21H21NO4/c1-14(2)15-9-11-16(12-10-15)18-13-21(26-22-18,20(24)25-3)19(23)17-7-5-4-6-8-17/h4-12,14H,13H2,1-3H3. The number of benzene rings is 2. The monoisotopic (exact) mass is 351 g/mol. The molecule has 1 aliphatic heterocycles. The van der Waals surface area contributed by atoms with Gasteiger partial charge in [0.1, 0.15) is 0 Å². The van der Waals surface area contributed by atoms with Crippen molar-refractivity contribution in [3.63, 3.8) is 0 Å². The SMILES string of the molecule is COC(=O)C1(C(=O)c2ccccc2)CC(c2ccc(C(C)C)cc2)=NO1. The number of carbonyl (C=O) groups is 2. The van der Waals surface area contributed by atoms with Crippen LogP contribution >= 0.6 is 0 Å². The van der Waals surface area contributed by atoms with E-state index in [1.165, 1.54) is 12.7 Å². The van der Waals surface area contributed by atoms with Gasteiger partial charge in [-0.3, -0.25) is 4.79 Å². The van der Waals surface area contributed by atoms with Crippen LogP contribution in [0.2, 0.25) is 0 Å². The molecule has 1 unspecified atom stereocenters. The zero-order valence-corrected chi connectivity index (χ0v) is 15.1. The van der Waals surface area contributed by atoms with E-state index in [9.17, 15) is 9.59 Å². The summed E-state index contributed by atoms with van der Waals surface area (Å²) in [4.78, 5) is 30.8. The largest absolute Gasteiger partial charge is 0.466 e. The van der Waals surface area contributed by atoms with Gasteiger partial charge < -0.3 is 9.57 Å². The highest BCUT2D eigenvalue weighted by Gasteiger charge is 2.54. The van der Waals surface area contributed by atoms with Crippen molar-refractivity contribution >= 4 is 17.5 Å². The van der Waals surface area contributed by atoms with Crippen molar-refractivity contribution in [2.45, 2.75) is 31.8 Å². The number of carbonyl (C=O) groups excluding carboxylic acids is 2. The first-order valence-electron chi connectivity index (χ1n) is 8.51. The average Bonchev–Trinajstić information content (AvgIpc) is 3.14. The van der Waals surface area contributed by atoms with Crippen molar-refractivity contribution in [2.75, 3.05) is 7.11 Å². The predicted octanol–water partition coefficient (Wildman–Crippen LogP) is 3.73. The molecule has 1 heterocycles. The number of rotatable bonds is 5. The maximum Gasteiger partial charge on any atom is 0.361 e. The van der Waals surface area contributed by atoms with Crippen LogP contribution in [0.25, 0.3) is 0 Å². The van der Waals surface area contributed by atoms with Gasteiger partial charge in [0.2, 0.25) is 5.78 Å². The molecule has 1 aliphatic rings. The number of ketones is 1. The minimum atomic E-state index is -1.78. The maximum absolute atomic E-state index is 13.0. The molecule has 0 aromatic heterocycles. The fourth-order valence-electron chi connectivity index (χ4n) is 2.96. The summed E-state index contributed by atoms with van der Waals surface area (Å²) in [5.74, 6) is -0.786. The second-order valence-electron chi connectivity index (χ2n) is 6.60. The van der Waals surface area contributed by atoms with Crippen molar-refractivity contribution < 1.29 is 19.2 Å². The molecule has 0 spiro atoms. The Morgan fingerprint density at radius 3 is 2.31 bits per heavy atom. The van der Waals surface area contributed by atoms with Gasteiger partial charge in [0.15, 0.2) is 0 Å². The first-order chi connectivity index (χ1) is 12.5. The molecule has 0 radical (unpaired) electrons. The number of ether oxygens (including phenoxy) is 1. The highest BCUT2D eigenvalue weighted by Crippen LogP contribution is 2.32. The van der Waals surface area contributed by atoms with Gasteiger partial charge in [-0.25, -0.2) is 4.79 Å². The fraction of sp³-hybridized carbons (Fsp3) is 0.286. The van der Waals surface area contributed by atoms with E-state index >= 15 is 0 Å². The molecule has 1 atom stereocenters. The van der Waals surface area contributed by atoms with Crippen LogP contribution in [0.3, 0.4) is 0 Å². The fourth-order valence-corrected chi connectivity index (χ4v) is 2.96. The third-order valence-electron chi connectivity index (χ3n) is 4.56. The Hall–Kier alpha value is -2.95. The van der Waals surface area contributed by atoms with Gasteiger partial charge in [-0.1, -0.05) is 73.6 Å². The van der Waals surface area contributed by atoms with Gasteiger partial charge in [-0.05, 0) is 17.0 Å². The summed E-state index contributed by atoms with van der Waals surface area (Å²) in [6.07, 6.45) is 0.0361. The Bertz CT molecular complexity index is 840. The van der Waals surface area contributed by atoms with Crippen LogP contribution in [-0.4, -0.2) is 30.2 Å². The van der Waals surface area contributed by atoms with Crippen molar-refractivity contribution in [3.8, 4) is 0 Å². The second-order valence-corrected chi connectivity index (χ2v) is 6.60. The molecule has 0 N–H and O–H groups in total. The van der Waals surface area contributed by atoms with E-state index in [4.69, 9.17) is 9.57 Å². The molecule has 0 bridgehead atoms. The normalized spacial score (nSPS) is 19.0. The number of nitrogens with zero attached hydrogens (tertiary/aromatic N) is 1. The third-order valence-corrected chi connectivity index (χ3v) is 4.56. The summed E-state index contributed by atoms with van der Waals surface area (Å²) in [6.45, 7) is 4.23. The lowest BCUT2D eigenvalue weighted by Crippen LogP contribution is -2.47. The Morgan fingerprint density at radius 2 is 1.73 bits per heavy atom. The van der Waals surface area contributed by atoms with Crippen molar-refractivity contribution in [1.82, 2.24) is 0 Å². The maximum atomic E-state index is 13.0. The topological polar surface area (TPSA) is 65.0 Å². The van der Waals surface area contributed by atoms with Crippen LogP contribution in [0.15, 0.2) is 59.8 Å². The van der Waals surface area contributed by atoms with E-state index in [0.717, 1.165) is 5.56 Å². The zero-order chi connectivity index (χ0) is 18.7. The van der Waals surface area contributed by atoms with E-state index in [1.54, 1.807) is 30.3 Å². The van der Waals surface area contributed by atoms with Gasteiger partial charge in [0, 0.05) is 5.56 Å². The number of oxime groups is 1. The zero-order valence-electron chi connectivity index (χ0n) is 15.1. The Kier molecular flexibility index (Phi) is 4.89. The van der Waals surface area contributed by atoms with E-state index in [-0.39, 0.29) is 6.42 Å². The quantitative estimate of drug-likeness (QED) is 0.468. The molecule has 0 fully saturated rings. The van der Waals surface area contributed by atoms with E-state index in [0.29, 0.717) is 17.2 Å². The summed E-state index contributed by atoms with van der Waals surface area (Å²) in [5.41, 5.74) is 1.18. The molecule has 2 aromatic rings. The Labute approximate surface area is 152 Å². The third kappa shape index (κ3) is 3.12. The smallest absolute Gasteiger partial charge is 0.361 e. The molecule has 2 aromatic carbocycles. The molecule has 26 heavy (non-hydrogen) atoms. The second kappa shape index (κ2) is 7.12. The molecule has 134 valence electrons. The molecule has 3 rings (SSSR count). The van der Waals surface area contributed by atoms with Gasteiger partial charge >= 0.3 is 11.6 Å². The Morgan fingerprint density at radius 1 is 1.08 bits per heavy atom. The van der Waals surface area contributed by atoms with Crippen LogP contribution in [0.5, 0.6) is 0 Å². The van der Waals surface area contributed by atoms with Gasteiger partial charge in [0.05, 0.1) is 19.2 Å². The van der Waals surface area contributed by atoms with Crippen LogP contribution in [0.1, 0.15) is 47.7 Å². The van der Waals surface area contributed by atoms with Gasteiger partial charge in [-0.15, -0.1) is 0 Å². The summed E-state index contributed by atoms with van der Waals surface area (Å²) in [5, 5.41) is 4.04. The summed E-state index contributed by atoms with van der Waals surface area (Å²) < 4.78 is 4.86. The van der Waals surface area contributed by atoms with Crippen molar-refractivity contribution in [3.05, 3.63) is 71.3 Å². The minimum Gasteiger partial charge on any atom is -0.466 e. The molecule has 5 nitrogen and oxygen atoms in total. The van der Waals surface area contributed by atoms with Crippen LogP contribution < -0.4 is 0 Å². The first-order valence-corrected chi connectivity index (χ1v) is 8.51. The molecule has 0 amide bonds. The van der Waals surface area contributed by atoms with E-state index in [2.05, 4.69) is 19.0 Å². The molecule has 0 aliphatic carbocycles. The molecule has 5 heteroatoms. The number of methoxy groups -OCH3 is 1. The van der Waals surface area contributed by atoms with Crippen LogP contribution in [0, 0.1) is 0 Å². The molecular formula is C21H21NO4. The summed E-state index contributed by atoms with van der Waals surface area (Å²) in [6, 6.07) is 16.4. The van der Waals surface area contributed by atoms with E-state index in [1.807, 2.05) is 24.3 Å². The highest BCUT2D eigenvalue weighted by atomic mass is 16.7. The van der Waals surface area contributed by atoms with Crippen LogP contribution in [-0.2, 0) is 14.4 Å². The predicted molar refractivity (Wildman–Crippen MR) is 98.3 cm³/mol. The number of hydrogen-bond donors (Lipinski definition) is 0. The number of hydrogen-bond acceptors (Lipinski definition) is 5. The van der Waals surface area contributed by atoms with Crippen molar-refractivity contribution in [2.24, 2.45) is 5.16 Å². The minimum absolute atomic E-state index is 0.0361. The molecule has 0 saturated heterocycles. The van der Waals surface area contributed by atoms with Crippen LogP contribution in [0.4, 0.5) is 0 Å². The first kappa shape index (κ1) is 17.9. The van der Waals surface area contributed by atoms with Crippen molar-refractivity contribution in [1.29, 1.82) is 0 Å². The highest BCUT2D eigenvalue weighted by molar-refractivity contribution is 6.20. The lowest BCUT2D eigenvalue weighted by Gasteiger charge is -2.22. The number of Topliss-reactive ketones (excluding diaryl/α,β-unsaturated/α-hetero) is 1. The summed E-state index contributed by atoms with van der Waals surface area (Å²) in [7, 11) is 1.24. The average molecular weight is 351 g/mol. The Balaban J connectivity index is 1.90. The lowest BCUT2D eigenvalue weighted by atomic mass is 9.86. The molecular weight excluding hydrogens is 330 g/mol. The van der Waals surface area contributed by atoms with Gasteiger partial charge in [-0.2, -0.15) is 0 Å². The molecule has 0 saturated carbocycles. The van der Waals surface area contributed by atoms with E-state index < -0.39 is 17.4 Å². The summed E-state index contributed by atoms with van der Waals surface area (Å²) >= 11 is 0. The number of esters is 1. The van der Waals surface area contributed by atoms with Gasteiger partial charge in [0.25, 0.3) is 0 Å².